The molecule has 0 spiro atoms. The van der Waals surface area contributed by atoms with Gasteiger partial charge in [-0.05, 0) is 41.0 Å². The van der Waals surface area contributed by atoms with Gasteiger partial charge in [0.15, 0.2) is 5.69 Å². The van der Waals surface area contributed by atoms with Crippen LogP contribution >= 0.6 is 0 Å². The second kappa shape index (κ2) is 6.68. The average Bonchev–Trinajstić information content (AvgIpc) is 3.15. The number of hydrogen-bond donors (Lipinski definition) is 2. The van der Waals surface area contributed by atoms with Gasteiger partial charge in [-0.15, -0.1) is 0 Å². The van der Waals surface area contributed by atoms with Crippen molar-refractivity contribution in [3.63, 3.8) is 0 Å². The van der Waals surface area contributed by atoms with Gasteiger partial charge in [-0.1, -0.05) is 24.3 Å². The molecular formula is C20H16N4O2. The standard InChI is InChI=1S/C20H16N4O2/c25-20(26)19-17(6-7-18-22-9-10-24(18)19)23-12-14-3-1-4-15(11-14)16-5-2-8-21-13-16/h1-11,13,23H,12H2,(H,25,26). The molecule has 3 heterocycles. The highest BCUT2D eigenvalue weighted by Gasteiger charge is 2.14. The first kappa shape index (κ1) is 15.8. The summed E-state index contributed by atoms with van der Waals surface area (Å²) in [4.78, 5) is 20.0. The number of nitrogens with zero attached hydrogens (tertiary/aromatic N) is 3. The molecule has 0 amide bonds. The fourth-order valence-electron chi connectivity index (χ4n) is 2.95. The largest absolute Gasteiger partial charge is 0.476 e. The highest BCUT2D eigenvalue weighted by atomic mass is 16.4. The molecule has 4 aromatic rings. The van der Waals surface area contributed by atoms with Crippen molar-refractivity contribution in [3.8, 4) is 11.1 Å². The van der Waals surface area contributed by atoms with Gasteiger partial charge in [0.25, 0.3) is 0 Å². The molecule has 2 N–H and O–H groups in total. The topological polar surface area (TPSA) is 79.5 Å². The lowest BCUT2D eigenvalue weighted by Gasteiger charge is -2.12. The summed E-state index contributed by atoms with van der Waals surface area (Å²) in [6.07, 6.45) is 6.80. The summed E-state index contributed by atoms with van der Waals surface area (Å²) < 4.78 is 1.57. The highest BCUT2D eigenvalue weighted by molar-refractivity contribution is 5.93. The van der Waals surface area contributed by atoms with Crippen LogP contribution in [0.3, 0.4) is 0 Å². The van der Waals surface area contributed by atoms with Crippen LogP contribution in [-0.4, -0.2) is 25.4 Å². The van der Waals surface area contributed by atoms with Crippen molar-refractivity contribution in [2.24, 2.45) is 0 Å². The van der Waals surface area contributed by atoms with Gasteiger partial charge in [0.1, 0.15) is 5.65 Å². The lowest BCUT2D eigenvalue weighted by molar-refractivity contribution is 0.0690. The van der Waals surface area contributed by atoms with Gasteiger partial charge in [0, 0.05) is 31.3 Å². The molecule has 0 fully saturated rings. The predicted molar refractivity (Wildman–Crippen MR) is 99.2 cm³/mol. The van der Waals surface area contributed by atoms with Crippen molar-refractivity contribution in [1.82, 2.24) is 14.4 Å². The Balaban J connectivity index is 1.61. The monoisotopic (exact) mass is 344 g/mol. The third-order valence-electron chi connectivity index (χ3n) is 4.17. The van der Waals surface area contributed by atoms with E-state index < -0.39 is 5.97 Å². The van der Waals surface area contributed by atoms with Crippen LogP contribution in [0, 0.1) is 0 Å². The van der Waals surface area contributed by atoms with Gasteiger partial charge in [-0.2, -0.15) is 0 Å². The van der Waals surface area contributed by atoms with Crippen molar-refractivity contribution < 1.29 is 9.90 Å². The van der Waals surface area contributed by atoms with Crippen molar-refractivity contribution >= 4 is 17.3 Å². The van der Waals surface area contributed by atoms with Crippen LogP contribution < -0.4 is 5.32 Å². The highest BCUT2D eigenvalue weighted by Crippen LogP contribution is 2.22. The number of pyridine rings is 2. The number of rotatable bonds is 5. The van der Waals surface area contributed by atoms with E-state index in [2.05, 4.69) is 21.4 Å². The van der Waals surface area contributed by atoms with Gasteiger partial charge in [0.05, 0.1) is 5.69 Å². The minimum absolute atomic E-state index is 0.170. The Hall–Kier alpha value is -3.67. The molecule has 0 aliphatic rings. The van der Waals surface area contributed by atoms with Crippen LogP contribution in [0.25, 0.3) is 16.8 Å². The van der Waals surface area contributed by atoms with E-state index in [0.717, 1.165) is 16.7 Å². The minimum Gasteiger partial charge on any atom is -0.476 e. The number of fused-ring (bicyclic) bond motifs is 1. The van der Waals surface area contributed by atoms with Gasteiger partial charge >= 0.3 is 5.97 Å². The van der Waals surface area contributed by atoms with E-state index >= 15 is 0 Å². The van der Waals surface area contributed by atoms with Crippen LogP contribution in [0.15, 0.2) is 73.3 Å². The van der Waals surface area contributed by atoms with Gasteiger partial charge in [0.2, 0.25) is 0 Å². The third-order valence-corrected chi connectivity index (χ3v) is 4.17. The number of anilines is 1. The first-order chi connectivity index (χ1) is 12.7. The van der Waals surface area contributed by atoms with Crippen LogP contribution in [0.5, 0.6) is 0 Å². The molecule has 3 aromatic heterocycles. The number of imidazole rings is 1. The molecule has 0 aliphatic carbocycles. The quantitative estimate of drug-likeness (QED) is 0.577. The molecule has 0 saturated heterocycles. The maximum absolute atomic E-state index is 11.7. The molecule has 0 unspecified atom stereocenters. The number of carboxylic acids is 1. The molecular weight excluding hydrogens is 328 g/mol. The number of carboxylic acid groups (broad SMARTS) is 1. The van der Waals surface area contributed by atoms with E-state index in [0.29, 0.717) is 17.9 Å². The zero-order valence-electron chi connectivity index (χ0n) is 13.8. The first-order valence-corrected chi connectivity index (χ1v) is 8.15. The fraction of sp³-hybridized carbons (Fsp3) is 0.0500. The third kappa shape index (κ3) is 3.00. The average molecular weight is 344 g/mol. The van der Waals surface area contributed by atoms with Crippen molar-refractivity contribution in [2.45, 2.75) is 6.54 Å². The fourth-order valence-corrected chi connectivity index (χ4v) is 2.95. The number of hydrogen-bond acceptors (Lipinski definition) is 4. The van der Waals surface area contributed by atoms with E-state index in [1.165, 1.54) is 0 Å². The molecule has 1 aromatic carbocycles. The molecule has 26 heavy (non-hydrogen) atoms. The van der Waals surface area contributed by atoms with E-state index in [1.807, 2.05) is 36.5 Å². The van der Waals surface area contributed by atoms with Crippen LogP contribution in [0.2, 0.25) is 0 Å². The lowest BCUT2D eigenvalue weighted by atomic mass is 10.0. The number of carbonyl (C=O) groups is 1. The molecule has 6 heteroatoms. The van der Waals surface area contributed by atoms with Crippen molar-refractivity contribution in [2.75, 3.05) is 5.32 Å². The maximum Gasteiger partial charge on any atom is 0.355 e. The summed E-state index contributed by atoms with van der Waals surface area (Å²) in [5.74, 6) is -1.000. The summed E-state index contributed by atoms with van der Waals surface area (Å²) in [7, 11) is 0. The first-order valence-electron chi connectivity index (χ1n) is 8.15. The molecule has 0 atom stereocenters. The van der Waals surface area contributed by atoms with Crippen LogP contribution in [-0.2, 0) is 6.54 Å². The Morgan fingerprint density at radius 3 is 2.77 bits per heavy atom. The van der Waals surface area contributed by atoms with E-state index in [-0.39, 0.29) is 5.69 Å². The molecule has 0 aliphatic heterocycles. The Morgan fingerprint density at radius 2 is 1.96 bits per heavy atom. The Labute approximate surface area is 149 Å². The molecule has 4 rings (SSSR count). The zero-order chi connectivity index (χ0) is 17.9. The van der Waals surface area contributed by atoms with Crippen LogP contribution in [0.1, 0.15) is 16.1 Å². The number of aromatic carboxylic acids is 1. The van der Waals surface area contributed by atoms with Crippen molar-refractivity contribution in [3.05, 3.63) is 84.6 Å². The van der Waals surface area contributed by atoms with Crippen LogP contribution in [0.4, 0.5) is 5.69 Å². The Kier molecular flexibility index (Phi) is 4.07. The summed E-state index contributed by atoms with van der Waals surface area (Å²) in [5, 5.41) is 12.8. The number of benzene rings is 1. The summed E-state index contributed by atoms with van der Waals surface area (Å²) in [5.41, 5.74) is 4.49. The molecule has 128 valence electrons. The van der Waals surface area contributed by atoms with E-state index in [9.17, 15) is 9.90 Å². The SMILES string of the molecule is O=C(O)c1c(NCc2cccc(-c3cccnc3)c2)ccc2nccn12. The molecule has 6 nitrogen and oxygen atoms in total. The number of nitrogens with one attached hydrogen (secondary N) is 1. The second-order valence-electron chi connectivity index (χ2n) is 5.85. The van der Waals surface area contributed by atoms with E-state index in [1.54, 1.807) is 35.1 Å². The summed E-state index contributed by atoms with van der Waals surface area (Å²) in [6, 6.07) is 15.5. The molecule has 0 saturated carbocycles. The molecule has 0 bridgehead atoms. The lowest BCUT2D eigenvalue weighted by Crippen LogP contribution is -2.11. The normalized spacial score (nSPS) is 10.8. The van der Waals surface area contributed by atoms with E-state index in [4.69, 9.17) is 0 Å². The smallest absolute Gasteiger partial charge is 0.355 e. The predicted octanol–water partition coefficient (Wildman–Crippen LogP) is 3.71. The van der Waals surface area contributed by atoms with Gasteiger partial charge in [-0.3, -0.25) is 9.38 Å². The number of aromatic nitrogens is 3. The second-order valence-corrected chi connectivity index (χ2v) is 5.85. The minimum atomic E-state index is -1.000. The summed E-state index contributed by atoms with van der Waals surface area (Å²) >= 11 is 0. The molecule has 0 radical (unpaired) electrons. The summed E-state index contributed by atoms with van der Waals surface area (Å²) in [6.45, 7) is 0.509. The van der Waals surface area contributed by atoms with Crippen molar-refractivity contribution in [1.29, 1.82) is 0 Å². The van der Waals surface area contributed by atoms with Gasteiger partial charge in [-0.25, -0.2) is 9.78 Å². The Morgan fingerprint density at radius 1 is 1.08 bits per heavy atom. The maximum atomic E-state index is 11.7. The zero-order valence-corrected chi connectivity index (χ0v) is 13.8. The van der Waals surface area contributed by atoms with Gasteiger partial charge < -0.3 is 10.4 Å². The Bertz CT molecular complexity index is 1070.